The van der Waals surface area contributed by atoms with Gasteiger partial charge in [-0.05, 0) is 19.1 Å². The first-order valence-electron chi connectivity index (χ1n) is 6.07. The lowest BCUT2D eigenvalue weighted by Gasteiger charge is -2.39. The smallest absolute Gasteiger partial charge is 0.136 e. The van der Waals surface area contributed by atoms with Crippen LogP contribution >= 0.6 is 11.8 Å². The standard InChI is InChI=1S/C13H18O5S/c1-7-2-4-8(5-3-7)19-13-12(17)11(16)10(15)9(6-14)18-13/h2-5,9-17H,6H2,1H3/t9-,10-,11+,12-,13+/m1/s1. The van der Waals surface area contributed by atoms with Crippen molar-refractivity contribution in [3.63, 3.8) is 0 Å². The Morgan fingerprint density at radius 2 is 1.68 bits per heavy atom. The van der Waals surface area contributed by atoms with E-state index in [0.717, 1.165) is 10.5 Å². The number of aliphatic hydroxyl groups is 4. The molecule has 0 saturated carbocycles. The second kappa shape index (κ2) is 6.21. The van der Waals surface area contributed by atoms with Crippen molar-refractivity contribution in [1.29, 1.82) is 0 Å². The summed E-state index contributed by atoms with van der Waals surface area (Å²) in [6.45, 7) is 1.57. The largest absolute Gasteiger partial charge is 0.394 e. The minimum absolute atomic E-state index is 0.407. The zero-order valence-electron chi connectivity index (χ0n) is 10.5. The topological polar surface area (TPSA) is 90.2 Å². The van der Waals surface area contributed by atoms with E-state index in [0.29, 0.717) is 0 Å². The molecule has 1 aromatic carbocycles. The van der Waals surface area contributed by atoms with E-state index < -0.39 is 36.5 Å². The van der Waals surface area contributed by atoms with Crippen molar-refractivity contribution in [3.05, 3.63) is 29.8 Å². The van der Waals surface area contributed by atoms with E-state index in [4.69, 9.17) is 9.84 Å². The van der Waals surface area contributed by atoms with Gasteiger partial charge in [-0.2, -0.15) is 0 Å². The van der Waals surface area contributed by atoms with Crippen LogP contribution in [-0.4, -0.2) is 56.9 Å². The minimum atomic E-state index is -1.33. The zero-order valence-corrected chi connectivity index (χ0v) is 11.3. The lowest BCUT2D eigenvalue weighted by Crippen LogP contribution is -2.57. The molecule has 1 saturated heterocycles. The van der Waals surface area contributed by atoms with E-state index in [2.05, 4.69) is 0 Å². The molecule has 1 aliphatic rings. The summed E-state index contributed by atoms with van der Waals surface area (Å²) in [5.74, 6) is 0. The third-order valence-electron chi connectivity index (χ3n) is 3.12. The molecule has 0 radical (unpaired) electrons. The second-order valence-corrected chi connectivity index (χ2v) is 5.80. The maximum Gasteiger partial charge on any atom is 0.136 e. The van der Waals surface area contributed by atoms with Crippen molar-refractivity contribution >= 4 is 11.8 Å². The summed E-state index contributed by atoms with van der Waals surface area (Å²) < 4.78 is 5.42. The fourth-order valence-corrected chi connectivity index (χ4v) is 2.98. The van der Waals surface area contributed by atoms with Gasteiger partial charge in [-0.3, -0.25) is 0 Å². The van der Waals surface area contributed by atoms with Gasteiger partial charge in [-0.25, -0.2) is 0 Å². The number of benzene rings is 1. The van der Waals surface area contributed by atoms with Gasteiger partial charge in [0.25, 0.3) is 0 Å². The molecule has 19 heavy (non-hydrogen) atoms. The van der Waals surface area contributed by atoms with E-state index in [1.807, 2.05) is 31.2 Å². The fourth-order valence-electron chi connectivity index (χ4n) is 1.92. The minimum Gasteiger partial charge on any atom is -0.394 e. The zero-order chi connectivity index (χ0) is 14.0. The highest BCUT2D eigenvalue weighted by atomic mass is 32.2. The Morgan fingerprint density at radius 3 is 2.26 bits per heavy atom. The molecule has 1 aromatic rings. The SMILES string of the molecule is Cc1ccc(S[C@@H]2O[C@H](CO)[C@@H](O)[C@H](O)[C@H]2O)cc1. The predicted octanol–water partition coefficient (Wildman–Crippen LogP) is -0.113. The molecule has 0 unspecified atom stereocenters. The Morgan fingerprint density at radius 1 is 1.05 bits per heavy atom. The van der Waals surface area contributed by atoms with Crippen LogP contribution in [0.2, 0.25) is 0 Å². The van der Waals surface area contributed by atoms with Gasteiger partial charge in [-0.1, -0.05) is 29.5 Å². The summed E-state index contributed by atoms with van der Waals surface area (Å²) in [6.07, 6.45) is -4.70. The van der Waals surface area contributed by atoms with E-state index in [1.165, 1.54) is 11.8 Å². The van der Waals surface area contributed by atoms with Gasteiger partial charge in [0.1, 0.15) is 29.9 Å². The number of rotatable bonds is 3. The van der Waals surface area contributed by atoms with Crippen LogP contribution in [-0.2, 0) is 4.74 Å². The van der Waals surface area contributed by atoms with Crippen molar-refractivity contribution in [3.8, 4) is 0 Å². The van der Waals surface area contributed by atoms with Gasteiger partial charge in [-0.15, -0.1) is 0 Å². The second-order valence-electron chi connectivity index (χ2n) is 4.63. The average molecular weight is 286 g/mol. The lowest BCUT2D eigenvalue weighted by atomic mass is 10.0. The Bertz CT molecular complexity index is 408. The van der Waals surface area contributed by atoms with Gasteiger partial charge in [0.2, 0.25) is 0 Å². The number of thioether (sulfide) groups is 1. The number of aryl methyl sites for hydroxylation is 1. The molecular formula is C13H18O5S. The monoisotopic (exact) mass is 286 g/mol. The average Bonchev–Trinajstić information content (AvgIpc) is 2.42. The molecule has 1 heterocycles. The Kier molecular flexibility index (Phi) is 4.83. The molecule has 4 N–H and O–H groups in total. The van der Waals surface area contributed by atoms with Crippen LogP contribution in [0.4, 0.5) is 0 Å². The lowest BCUT2D eigenvalue weighted by molar-refractivity contribution is -0.205. The number of aliphatic hydroxyl groups excluding tert-OH is 4. The van der Waals surface area contributed by atoms with Crippen LogP contribution in [0.15, 0.2) is 29.2 Å². The normalized spacial score (nSPS) is 35.3. The summed E-state index contributed by atoms with van der Waals surface area (Å²) in [4.78, 5) is 0.884. The van der Waals surface area contributed by atoms with Crippen molar-refractivity contribution in [2.24, 2.45) is 0 Å². The third kappa shape index (κ3) is 3.28. The first kappa shape index (κ1) is 14.8. The molecule has 0 aliphatic carbocycles. The maximum atomic E-state index is 9.90. The van der Waals surface area contributed by atoms with Crippen molar-refractivity contribution < 1.29 is 25.2 Å². The molecule has 0 aromatic heterocycles. The number of hydrogen-bond donors (Lipinski definition) is 4. The van der Waals surface area contributed by atoms with Gasteiger partial charge >= 0.3 is 0 Å². The first-order chi connectivity index (χ1) is 9.02. The first-order valence-corrected chi connectivity index (χ1v) is 6.94. The fraction of sp³-hybridized carbons (Fsp3) is 0.538. The molecule has 6 heteroatoms. The van der Waals surface area contributed by atoms with Gasteiger partial charge in [0, 0.05) is 4.90 Å². The van der Waals surface area contributed by atoms with Crippen molar-refractivity contribution in [1.82, 2.24) is 0 Å². The summed E-state index contributed by atoms with van der Waals surface area (Å²) in [5.41, 5.74) is 0.399. The Labute approximate surface area is 115 Å². The molecule has 5 nitrogen and oxygen atoms in total. The quantitative estimate of drug-likeness (QED) is 0.620. The molecule has 0 bridgehead atoms. The summed E-state index contributed by atoms with van der Waals surface area (Å²) in [6, 6.07) is 7.65. The van der Waals surface area contributed by atoms with E-state index >= 15 is 0 Å². The van der Waals surface area contributed by atoms with E-state index in [-0.39, 0.29) is 0 Å². The summed E-state index contributed by atoms with van der Waals surface area (Å²) >= 11 is 1.25. The number of ether oxygens (including phenoxy) is 1. The Hall–Kier alpha value is -0.630. The molecule has 5 atom stereocenters. The van der Waals surface area contributed by atoms with Gasteiger partial charge in [0.05, 0.1) is 6.61 Å². The van der Waals surface area contributed by atoms with E-state index in [1.54, 1.807) is 0 Å². The highest BCUT2D eigenvalue weighted by molar-refractivity contribution is 7.99. The van der Waals surface area contributed by atoms with Gasteiger partial charge in [0.15, 0.2) is 0 Å². The van der Waals surface area contributed by atoms with Gasteiger partial charge < -0.3 is 25.2 Å². The molecular weight excluding hydrogens is 268 g/mol. The van der Waals surface area contributed by atoms with Crippen LogP contribution in [0.25, 0.3) is 0 Å². The molecule has 1 aliphatic heterocycles. The van der Waals surface area contributed by atoms with E-state index in [9.17, 15) is 15.3 Å². The van der Waals surface area contributed by atoms with Crippen LogP contribution in [0, 0.1) is 6.92 Å². The van der Waals surface area contributed by atoms with Crippen molar-refractivity contribution in [2.75, 3.05) is 6.61 Å². The summed E-state index contributed by atoms with van der Waals surface area (Å²) in [5, 5.41) is 38.4. The van der Waals surface area contributed by atoms with Crippen LogP contribution in [0.3, 0.4) is 0 Å². The third-order valence-corrected chi connectivity index (χ3v) is 4.29. The molecule has 1 fully saturated rings. The number of hydrogen-bond acceptors (Lipinski definition) is 6. The molecule has 106 valence electrons. The van der Waals surface area contributed by atoms with Crippen LogP contribution in [0.5, 0.6) is 0 Å². The maximum absolute atomic E-state index is 9.90. The van der Waals surface area contributed by atoms with Crippen LogP contribution in [0.1, 0.15) is 5.56 Å². The van der Waals surface area contributed by atoms with Crippen molar-refractivity contribution in [2.45, 2.75) is 41.7 Å². The predicted molar refractivity (Wildman–Crippen MR) is 70.8 cm³/mol. The highest BCUT2D eigenvalue weighted by Gasteiger charge is 2.43. The molecule has 0 spiro atoms. The Balaban J connectivity index is 2.08. The highest BCUT2D eigenvalue weighted by Crippen LogP contribution is 2.33. The summed E-state index contributed by atoms with van der Waals surface area (Å²) in [7, 11) is 0. The molecule has 0 amide bonds. The molecule has 2 rings (SSSR count). The van der Waals surface area contributed by atoms with Crippen LogP contribution < -0.4 is 0 Å².